The number of nitrogens with zero attached hydrogens (tertiary/aromatic N) is 1. The first-order valence-electron chi connectivity index (χ1n) is 5.63. The van der Waals surface area contributed by atoms with Gasteiger partial charge in [-0.2, -0.15) is 11.8 Å². The lowest BCUT2D eigenvalue weighted by molar-refractivity contribution is -0.384. The lowest BCUT2D eigenvalue weighted by atomic mass is 10.1. The van der Waals surface area contributed by atoms with Crippen LogP contribution in [0.4, 0.5) is 11.4 Å². The standard InChI is InChI=1S/C11H16N4O3S/c1-19-7-3-6-13-11(16)8-4-2-5-9(14-12)10(8)15(17)18/h2,4-5,14H,3,6-7,12H2,1H3,(H,13,16). The van der Waals surface area contributed by atoms with E-state index in [1.807, 2.05) is 6.26 Å². The Balaban J connectivity index is 2.87. The van der Waals surface area contributed by atoms with Crippen LogP contribution in [0.5, 0.6) is 0 Å². The van der Waals surface area contributed by atoms with Crippen molar-refractivity contribution in [2.75, 3.05) is 24.0 Å². The third-order valence-electron chi connectivity index (χ3n) is 2.43. The molecule has 0 unspecified atom stereocenters. The monoisotopic (exact) mass is 284 g/mol. The van der Waals surface area contributed by atoms with E-state index >= 15 is 0 Å². The van der Waals surface area contributed by atoms with Crippen molar-refractivity contribution in [1.29, 1.82) is 0 Å². The van der Waals surface area contributed by atoms with E-state index in [4.69, 9.17) is 5.84 Å². The third kappa shape index (κ3) is 4.11. The maximum atomic E-state index is 11.9. The van der Waals surface area contributed by atoms with Gasteiger partial charge in [0.15, 0.2) is 0 Å². The van der Waals surface area contributed by atoms with E-state index < -0.39 is 10.8 Å². The molecule has 0 atom stereocenters. The number of thioether (sulfide) groups is 1. The minimum atomic E-state index is -0.619. The van der Waals surface area contributed by atoms with Gasteiger partial charge >= 0.3 is 5.69 Å². The quantitative estimate of drug-likeness (QED) is 0.302. The number of benzene rings is 1. The normalized spacial score (nSPS) is 10.0. The summed E-state index contributed by atoms with van der Waals surface area (Å²) in [6, 6.07) is 4.39. The zero-order valence-corrected chi connectivity index (χ0v) is 11.3. The van der Waals surface area contributed by atoms with Gasteiger partial charge in [0, 0.05) is 6.54 Å². The molecule has 1 aromatic rings. The SMILES string of the molecule is CSCCCNC(=O)c1cccc(NN)c1[N+](=O)[O-]. The van der Waals surface area contributed by atoms with E-state index in [2.05, 4.69) is 10.7 Å². The van der Waals surface area contributed by atoms with Crippen LogP contribution in [-0.2, 0) is 0 Å². The molecule has 0 heterocycles. The molecule has 0 fully saturated rings. The average molecular weight is 284 g/mol. The summed E-state index contributed by atoms with van der Waals surface area (Å²) in [5.74, 6) is 5.66. The van der Waals surface area contributed by atoms with E-state index in [1.54, 1.807) is 17.8 Å². The molecular formula is C11H16N4O3S. The first-order chi connectivity index (χ1) is 9.11. The molecule has 0 aromatic heterocycles. The Bertz CT molecular complexity index is 467. The number of nitrogens with two attached hydrogens (primary N) is 1. The van der Waals surface area contributed by atoms with Gasteiger partial charge in [0.05, 0.1) is 4.92 Å². The smallest absolute Gasteiger partial charge is 0.306 e. The number of nitro groups is 1. The summed E-state index contributed by atoms with van der Waals surface area (Å²) in [4.78, 5) is 22.3. The Morgan fingerprint density at radius 3 is 2.84 bits per heavy atom. The third-order valence-corrected chi connectivity index (χ3v) is 3.13. The van der Waals surface area contributed by atoms with Crippen molar-refractivity contribution in [2.24, 2.45) is 5.84 Å². The van der Waals surface area contributed by atoms with Gasteiger partial charge in [0.1, 0.15) is 11.3 Å². The molecule has 7 nitrogen and oxygen atoms in total. The Morgan fingerprint density at radius 2 is 2.26 bits per heavy atom. The van der Waals surface area contributed by atoms with E-state index in [0.717, 1.165) is 12.2 Å². The lowest BCUT2D eigenvalue weighted by Gasteiger charge is -2.08. The van der Waals surface area contributed by atoms with E-state index in [-0.39, 0.29) is 16.9 Å². The first-order valence-corrected chi connectivity index (χ1v) is 7.02. The molecule has 0 saturated heterocycles. The minimum Gasteiger partial charge on any atom is -0.352 e. The predicted molar refractivity (Wildman–Crippen MR) is 76.2 cm³/mol. The Morgan fingerprint density at radius 1 is 1.53 bits per heavy atom. The maximum absolute atomic E-state index is 11.9. The highest BCUT2D eigenvalue weighted by Crippen LogP contribution is 2.27. The van der Waals surface area contributed by atoms with Crippen molar-refractivity contribution in [3.05, 3.63) is 33.9 Å². The number of hydrogen-bond acceptors (Lipinski definition) is 6. The second kappa shape index (κ2) is 7.59. The molecule has 104 valence electrons. The molecule has 0 aliphatic carbocycles. The summed E-state index contributed by atoms with van der Waals surface area (Å²) >= 11 is 1.68. The van der Waals surface area contributed by atoms with Crippen molar-refractivity contribution in [3.63, 3.8) is 0 Å². The Hall–Kier alpha value is -1.80. The van der Waals surface area contributed by atoms with Gasteiger partial charge in [-0.25, -0.2) is 0 Å². The number of hydrazine groups is 1. The molecule has 1 rings (SSSR count). The fourth-order valence-corrected chi connectivity index (χ4v) is 1.99. The van der Waals surface area contributed by atoms with Crippen molar-refractivity contribution in [3.8, 4) is 0 Å². The highest BCUT2D eigenvalue weighted by atomic mass is 32.2. The van der Waals surface area contributed by atoms with E-state index in [9.17, 15) is 14.9 Å². The molecule has 4 N–H and O–H groups in total. The molecule has 0 aliphatic heterocycles. The van der Waals surface area contributed by atoms with Crippen LogP contribution >= 0.6 is 11.8 Å². The zero-order valence-electron chi connectivity index (χ0n) is 10.5. The van der Waals surface area contributed by atoms with Crippen molar-refractivity contribution in [2.45, 2.75) is 6.42 Å². The summed E-state index contributed by atoms with van der Waals surface area (Å²) in [6.45, 7) is 0.483. The summed E-state index contributed by atoms with van der Waals surface area (Å²) in [5.41, 5.74) is 2.03. The fourth-order valence-electron chi connectivity index (χ4n) is 1.55. The van der Waals surface area contributed by atoms with Crippen LogP contribution in [0.3, 0.4) is 0 Å². The van der Waals surface area contributed by atoms with Gasteiger partial charge in [-0.15, -0.1) is 0 Å². The predicted octanol–water partition coefficient (Wildman–Crippen LogP) is 1.36. The number of hydrogen-bond donors (Lipinski definition) is 3. The lowest BCUT2D eigenvalue weighted by Crippen LogP contribution is -2.26. The van der Waals surface area contributed by atoms with Gasteiger partial charge in [0.25, 0.3) is 5.91 Å². The number of nitrogen functional groups attached to an aromatic ring is 1. The summed E-state index contributed by atoms with van der Waals surface area (Å²) < 4.78 is 0. The number of rotatable bonds is 7. The van der Waals surface area contributed by atoms with Crippen LogP contribution in [0.1, 0.15) is 16.8 Å². The van der Waals surface area contributed by atoms with Crippen molar-refractivity contribution < 1.29 is 9.72 Å². The van der Waals surface area contributed by atoms with Crippen LogP contribution in [0, 0.1) is 10.1 Å². The van der Waals surface area contributed by atoms with Crippen LogP contribution in [0.25, 0.3) is 0 Å². The maximum Gasteiger partial charge on any atom is 0.306 e. The van der Waals surface area contributed by atoms with Crippen LogP contribution in [0.15, 0.2) is 18.2 Å². The van der Waals surface area contributed by atoms with E-state index in [1.165, 1.54) is 12.1 Å². The van der Waals surface area contributed by atoms with Crippen molar-refractivity contribution in [1.82, 2.24) is 5.32 Å². The van der Waals surface area contributed by atoms with Gasteiger partial charge in [-0.1, -0.05) is 6.07 Å². The summed E-state index contributed by atoms with van der Waals surface area (Å²) in [7, 11) is 0. The Kier molecular flexibility index (Phi) is 6.10. The largest absolute Gasteiger partial charge is 0.352 e. The molecular weight excluding hydrogens is 268 g/mol. The Labute approximate surface area is 115 Å². The molecule has 0 bridgehead atoms. The van der Waals surface area contributed by atoms with Gasteiger partial charge in [0.2, 0.25) is 0 Å². The van der Waals surface area contributed by atoms with E-state index in [0.29, 0.717) is 6.54 Å². The average Bonchev–Trinajstić information content (AvgIpc) is 2.42. The number of nitrogens with one attached hydrogen (secondary N) is 2. The molecule has 1 amide bonds. The van der Waals surface area contributed by atoms with Crippen LogP contribution in [0.2, 0.25) is 0 Å². The van der Waals surface area contributed by atoms with Gasteiger partial charge in [-0.3, -0.25) is 20.8 Å². The highest BCUT2D eigenvalue weighted by Gasteiger charge is 2.23. The van der Waals surface area contributed by atoms with Crippen molar-refractivity contribution >= 4 is 29.0 Å². The number of nitro benzene ring substituents is 1. The second-order valence-corrected chi connectivity index (χ2v) is 4.69. The number of carbonyl (C=O) groups excluding carboxylic acids is 1. The zero-order chi connectivity index (χ0) is 14.3. The number of para-hydroxylation sites is 1. The number of amides is 1. The molecule has 0 aliphatic rings. The topological polar surface area (TPSA) is 110 Å². The molecule has 1 aromatic carbocycles. The molecule has 0 spiro atoms. The number of anilines is 1. The minimum absolute atomic E-state index is 0.00426. The number of carbonyl (C=O) groups is 1. The van der Waals surface area contributed by atoms with Gasteiger partial charge in [-0.05, 0) is 30.6 Å². The molecule has 0 radical (unpaired) electrons. The molecule has 19 heavy (non-hydrogen) atoms. The first kappa shape index (κ1) is 15.3. The highest BCUT2D eigenvalue weighted by molar-refractivity contribution is 7.98. The fraction of sp³-hybridized carbons (Fsp3) is 0.364. The van der Waals surface area contributed by atoms with Crippen LogP contribution < -0.4 is 16.6 Å². The van der Waals surface area contributed by atoms with Crippen LogP contribution in [-0.4, -0.2) is 29.4 Å². The molecule has 0 saturated carbocycles. The summed E-state index contributed by atoms with van der Waals surface area (Å²) in [6.07, 6.45) is 2.79. The molecule has 8 heteroatoms. The van der Waals surface area contributed by atoms with Gasteiger partial charge < -0.3 is 10.7 Å². The second-order valence-electron chi connectivity index (χ2n) is 3.71. The summed E-state index contributed by atoms with van der Waals surface area (Å²) in [5, 5.41) is 13.7.